The summed E-state index contributed by atoms with van der Waals surface area (Å²) in [5.74, 6) is -3.37. The summed E-state index contributed by atoms with van der Waals surface area (Å²) in [6.07, 6.45) is 0. The average molecular weight is 330 g/mol. The Hall–Kier alpha value is -3.10. The largest absolute Gasteiger partial charge is 0.464 e. The van der Waals surface area contributed by atoms with Gasteiger partial charge in [0.15, 0.2) is 11.8 Å². The van der Waals surface area contributed by atoms with Gasteiger partial charge in [-0.25, -0.2) is 9.69 Å². The molecule has 1 fully saturated rings. The van der Waals surface area contributed by atoms with E-state index < -0.39 is 29.7 Å². The van der Waals surface area contributed by atoms with E-state index in [1.54, 1.807) is 18.2 Å². The number of ether oxygens (including phenoxy) is 1. The predicted molar refractivity (Wildman–Crippen MR) is 82.8 cm³/mol. The Kier molecular flexibility index (Phi) is 3.63. The zero-order chi connectivity index (χ0) is 17.6. The molecule has 0 aliphatic carbocycles. The Morgan fingerprint density at radius 1 is 1.21 bits per heavy atom. The van der Waals surface area contributed by atoms with Gasteiger partial charge in [-0.3, -0.25) is 9.59 Å². The zero-order valence-corrected chi connectivity index (χ0v) is 13.2. The van der Waals surface area contributed by atoms with Gasteiger partial charge in [0.1, 0.15) is 5.92 Å². The fourth-order valence-corrected chi connectivity index (χ4v) is 2.85. The number of nitroso groups, excluding NO2 is 1. The van der Waals surface area contributed by atoms with Gasteiger partial charge in [-0.2, -0.15) is 0 Å². The first kappa shape index (κ1) is 15.8. The lowest BCUT2D eigenvalue weighted by molar-refractivity contribution is -0.133. The van der Waals surface area contributed by atoms with Crippen LogP contribution in [0.1, 0.15) is 11.1 Å². The predicted octanol–water partition coefficient (Wildman–Crippen LogP) is 0.687. The van der Waals surface area contributed by atoms with Crippen LogP contribution in [-0.4, -0.2) is 41.8 Å². The minimum atomic E-state index is -1.26. The van der Waals surface area contributed by atoms with Crippen molar-refractivity contribution in [2.75, 3.05) is 12.0 Å². The van der Waals surface area contributed by atoms with E-state index in [1.807, 2.05) is 13.8 Å². The first-order valence-electron chi connectivity index (χ1n) is 7.15. The van der Waals surface area contributed by atoms with Crippen LogP contribution in [0.4, 0.5) is 5.69 Å². The highest BCUT2D eigenvalue weighted by Gasteiger charge is 2.59. The lowest BCUT2D eigenvalue weighted by atomic mass is 9.98. The molecule has 2 aliphatic rings. The van der Waals surface area contributed by atoms with Crippen molar-refractivity contribution in [3.8, 4) is 0 Å². The van der Waals surface area contributed by atoms with Gasteiger partial charge >= 0.3 is 5.97 Å². The van der Waals surface area contributed by atoms with Gasteiger partial charge in [0.2, 0.25) is 5.91 Å². The molecule has 0 aromatic heterocycles. The average Bonchev–Trinajstić information content (AvgIpc) is 3.07. The van der Waals surface area contributed by atoms with E-state index >= 15 is 0 Å². The molecule has 0 N–H and O–H groups in total. The maximum absolute atomic E-state index is 12.7. The van der Waals surface area contributed by atoms with Gasteiger partial charge in [-0.1, -0.05) is 6.07 Å². The molecule has 9 heteroatoms. The smallest absolute Gasteiger partial charge is 0.355 e. The SMILES string of the molecule is COC(=O)C1=NN(N=O)[C@H]2C(=O)N(c3ccc(C)c(C)c3)C(=O)[C@H]12. The van der Waals surface area contributed by atoms with E-state index in [0.29, 0.717) is 10.8 Å². The standard InChI is InChI=1S/C15H14N4O5/c1-7-4-5-9(6-8(7)2)18-13(20)10-11(15(22)24-3)16-19(17-23)12(10)14(18)21/h4-6,10,12H,1-3H3/t10-,12-/m1/s1. The number of amides is 2. The number of anilines is 1. The number of carbonyl (C=O) groups is 3. The van der Waals surface area contributed by atoms with E-state index in [2.05, 4.69) is 15.1 Å². The number of imide groups is 1. The van der Waals surface area contributed by atoms with Crippen molar-refractivity contribution in [1.82, 2.24) is 5.12 Å². The summed E-state index contributed by atoms with van der Waals surface area (Å²) in [5, 5.41) is 6.83. The Morgan fingerprint density at radius 3 is 2.50 bits per heavy atom. The molecule has 24 heavy (non-hydrogen) atoms. The molecule has 0 saturated carbocycles. The monoisotopic (exact) mass is 330 g/mol. The Bertz CT molecular complexity index is 803. The highest BCUT2D eigenvalue weighted by Crippen LogP contribution is 2.35. The number of carbonyl (C=O) groups excluding carboxylic acids is 3. The summed E-state index contributed by atoms with van der Waals surface area (Å²) in [7, 11) is 1.12. The number of aryl methyl sites for hydroxylation is 2. The van der Waals surface area contributed by atoms with Crippen molar-refractivity contribution < 1.29 is 19.1 Å². The van der Waals surface area contributed by atoms with Crippen LogP contribution in [0.3, 0.4) is 0 Å². The number of fused-ring (bicyclic) bond motifs is 1. The van der Waals surface area contributed by atoms with Gasteiger partial charge in [-0.15, -0.1) is 15.1 Å². The normalized spacial score (nSPS) is 22.5. The van der Waals surface area contributed by atoms with Crippen LogP contribution in [0.25, 0.3) is 0 Å². The minimum absolute atomic E-state index is 0.299. The first-order valence-corrected chi connectivity index (χ1v) is 7.15. The summed E-state index contributed by atoms with van der Waals surface area (Å²) in [5.41, 5.74) is 1.98. The van der Waals surface area contributed by atoms with E-state index in [9.17, 15) is 19.3 Å². The summed E-state index contributed by atoms with van der Waals surface area (Å²) in [4.78, 5) is 49.1. The van der Waals surface area contributed by atoms with Crippen molar-refractivity contribution in [1.29, 1.82) is 0 Å². The van der Waals surface area contributed by atoms with Crippen molar-refractivity contribution >= 4 is 29.2 Å². The number of benzene rings is 1. The summed E-state index contributed by atoms with van der Waals surface area (Å²) >= 11 is 0. The van der Waals surface area contributed by atoms with Crippen molar-refractivity contribution in [3.63, 3.8) is 0 Å². The third kappa shape index (κ3) is 2.08. The Labute approximate surface area is 136 Å². The zero-order valence-electron chi connectivity index (χ0n) is 13.2. The lowest BCUT2D eigenvalue weighted by Crippen LogP contribution is -2.36. The molecule has 1 saturated heterocycles. The van der Waals surface area contributed by atoms with E-state index in [0.717, 1.165) is 23.1 Å². The van der Waals surface area contributed by atoms with E-state index in [-0.39, 0.29) is 5.71 Å². The van der Waals surface area contributed by atoms with Gasteiger partial charge in [0, 0.05) is 0 Å². The Balaban J connectivity index is 2.05. The number of hydrogen-bond acceptors (Lipinski definition) is 7. The quantitative estimate of drug-likeness (QED) is 0.458. The lowest BCUT2D eigenvalue weighted by Gasteiger charge is -2.17. The number of methoxy groups -OCH3 is 1. The summed E-state index contributed by atoms with van der Waals surface area (Å²) < 4.78 is 4.57. The molecule has 2 heterocycles. The van der Waals surface area contributed by atoms with Crippen LogP contribution in [0.2, 0.25) is 0 Å². The molecule has 0 spiro atoms. The van der Waals surface area contributed by atoms with Gasteiger partial charge in [0.25, 0.3) is 5.91 Å². The second-order valence-electron chi connectivity index (χ2n) is 5.58. The number of hydrazone groups is 1. The Morgan fingerprint density at radius 2 is 1.92 bits per heavy atom. The molecular weight excluding hydrogens is 316 g/mol. The third-order valence-electron chi connectivity index (χ3n) is 4.26. The fraction of sp³-hybridized carbons (Fsp3) is 0.333. The molecule has 1 aromatic rings. The maximum Gasteiger partial charge on any atom is 0.355 e. The second-order valence-corrected chi connectivity index (χ2v) is 5.58. The number of nitrogens with zero attached hydrogens (tertiary/aromatic N) is 4. The van der Waals surface area contributed by atoms with E-state index in [4.69, 9.17) is 0 Å². The van der Waals surface area contributed by atoms with Crippen LogP contribution < -0.4 is 4.90 Å². The molecule has 2 aliphatic heterocycles. The van der Waals surface area contributed by atoms with Crippen LogP contribution in [0.15, 0.2) is 28.6 Å². The molecule has 0 bridgehead atoms. The molecular formula is C15H14N4O5. The highest BCUT2D eigenvalue weighted by atomic mass is 16.5. The van der Waals surface area contributed by atoms with Crippen LogP contribution in [0.5, 0.6) is 0 Å². The topological polar surface area (TPSA) is 109 Å². The fourth-order valence-electron chi connectivity index (χ4n) is 2.85. The first-order chi connectivity index (χ1) is 11.4. The molecule has 9 nitrogen and oxygen atoms in total. The molecule has 0 radical (unpaired) electrons. The number of rotatable bonds is 3. The number of hydrogen-bond donors (Lipinski definition) is 0. The van der Waals surface area contributed by atoms with Gasteiger partial charge in [-0.05, 0) is 37.1 Å². The van der Waals surface area contributed by atoms with Crippen molar-refractivity contribution in [2.45, 2.75) is 19.9 Å². The minimum Gasteiger partial charge on any atom is -0.464 e. The molecule has 3 rings (SSSR count). The molecule has 2 amide bonds. The maximum atomic E-state index is 12.7. The van der Waals surface area contributed by atoms with Gasteiger partial charge in [0.05, 0.1) is 18.1 Å². The number of esters is 1. The molecule has 1 aromatic carbocycles. The van der Waals surface area contributed by atoms with Crippen LogP contribution in [0, 0.1) is 24.7 Å². The third-order valence-corrected chi connectivity index (χ3v) is 4.26. The summed E-state index contributed by atoms with van der Waals surface area (Å²) in [6, 6.07) is 3.85. The molecule has 124 valence electrons. The summed E-state index contributed by atoms with van der Waals surface area (Å²) in [6.45, 7) is 3.76. The van der Waals surface area contributed by atoms with Crippen LogP contribution >= 0.6 is 0 Å². The van der Waals surface area contributed by atoms with Gasteiger partial charge < -0.3 is 4.74 Å². The van der Waals surface area contributed by atoms with Crippen molar-refractivity contribution in [2.24, 2.45) is 16.3 Å². The molecule has 0 unspecified atom stereocenters. The second kappa shape index (κ2) is 5.52. The van der Waals surface area contributed by atoms with Crippen LogP contribution in [-0.2, 0) is 19.1 Å². The van der Waals surface area contributed by atoms with E-state index in [1.165, 1.54) is 0 Å². The van der Waals surface area contributed by atoms with Crippen molar-refractivity contribution in [3.05, 3.63) is 34.2 Å². The highest BCUT2D eigenvalue weighted by molar-refractivity contribution is 6.46. The molecule has 2 atom stereocenters.